The largest absolute Gasteiger partial charge is 0.483 e. The normalized spacial score (nSPS) is 15.6. The number of benzene rings is 1. The molecule has 0 bridgehead atoms. The van der Waals surface area contributed by atoms with Gasteiger partial charge in [-0.1, -0.05) is 6.07 Å². The topological polar surface area (TPSA) is 45.9 Å². The molecule has 2 heterocycles. The van der Waals surface area contributed by atoms with E-state index >= 15 is 0 Å². The van der Waals surface area contributed by atoms with Crippen molar-refractivity contribution < 1.29 is 4.74 Å². The van der Waals surface area contributed by atoms with E-state index in [0.29, 0.717) is 5.56 Å². The molecule has 0 amide bonds. The van der Waals surface area contributed by atoms with Gasteiger partial charge in [0.1, 0.15) is 11.4 Å². The van der Waals surface area contributed by atoms with Gasteiger partial charge >= 0.3 is 0 Å². The minimum atomic E-state index is -0.395. The van der Waals surface area contributed by atoms with E-state index in [9.17, 15) is 0 Å². The highest BCUT2D eigenvalue weighted by Crippen LogP contribution is 2.39. The van der Waals surface area contributed by atoms with Crippen LogP contribution in [0.25, 0.3) is 5.57 Å². The highest BCUT2D eigenvalue weighted by molar-refractivity contribution is 5.83. The molecule has 0 unspecified atom stereocenters. The fourth-order valence-corrected chi connectivity index (χ4v) is 2.37. The summed E-state index contributed by atoms with van der Waals surface area (Å²) in [5.41, 5.74) is 3.04. The maximum atomic E-state index is 9.07. The molecule has 0 spiro atoms. The van der Waals surface area contributed by atoms with Gasteiger partial charge in [-0.25, -0.2) is 0 Å². The monoisotopic (exact) mass is 262 g/mol. The molecule has 0 aliphatic carbocycles. The standard InChI is InChI=1S/C17H14N2O/c1-17(2)10-14(15-5-3-4-8-19-15)13-9-12(11-18)6-7-16(13)20-17/h3-10H,1-2H3. The van der Waals surface area contributed by atoms with Crippen molar-refractivity contribution in [2.75, 3.05) is 0 Å². The van der Waals surface area contributed by atoms with Crippen molar-refractivity contribution >= 4 is 5.57 Å². The third-order valence-electron chi connectivity index (χ3n) is 3.20. The highest BCUT2D eigenvalue weighted by atomic mass is 16.5. The van der Waals surface area contributed by atoms with Crippen LogP contribution < -0.4 is 4.74 Å². The summed E-state index contributed by atoms with van der Waals surface area (Å²) in [7, 11) is 0. The predicted octanol–water partition coefficient (Wildman–Crippen LogP) is 3.56. The zero-order valence-electron chi connectivity index (χ0n) is 11.4. The lowest BCUT2D eigenvalue weighted by Crippen LogP contribution is -2.29. The Labute approximate surface area is 118 Å². The van der Waals surface area contributed by atoms with Gasteiger partial charge in [-0.15, -0.1) is 0 Å². The zero-order chi connectivity index (χ0) is 14.2. The van der Waals surface area contributed by atoms with Gasteiger partial charge < -0.3 is 4.74 Å². The Morgan fingerprint density at radius 3 is 2.75 bits per heavy atom. The van der Waals surface area contributed by atoms with Gasteiger partial charge in [0, 0.05) is 17.3 Å². The Morgan fingerprint density at radius 2 is 2.05 bits per heavy atom. The molecule has 1 aromatic carbocycles. The van der Waals surface area contributed by atoms with Crippen LogP contribution in [-0.4, -0.2) is 10.6 Å². The third-order valence-corrected chi connectivity index (χ3v) is 3.20. The first-order valence-corrected chi connectivity index (χ1v) is 6.47. The molecule has 0 atom stereocenters. The number of hydrogen-bond donors (Lipinski definition) is 0. The Morgan fingerprint density at radius 1 is 1.20 bits per heavy atom. The predicted molar refractivity (Wildman–Crippen MR) is 77.2 cm³/mol. The minimum absolute atomic E-state index is 0.395. The van der Waals surface area contributed by atoms with E-state index in [1.165, 1.54) is 0 Å². The number of ether oxygens (including phenoxy) is 1. The average molecular weight is 262 g/mol. The summed E-state index contributed by atoms with van der Waals surface area (Å²) in [5.74, 6) is 0.789. The van der Waals surface area contributed by atoms with Gasteiger partial charge in [0.2, 0.25) is 0 Å². The van der Waals surface area contributed by atoms with Crippen molar-refractivity contribution in [2.24, 2.45) is 0 Å². The molecule has 1 aliphatic rings. The summed E-state index contributed by atoms with van der Waals surface area (Å²) in [6, 6.07) is 13.5. The molecule has 1 aliphatic heterocycles. The Balaban J connectivity index is 2.22. The van der Waals surface area contributed by atoms with E-state index in [0.717, 1.165) is 22.6 Å². The van der Waals surface area contributed by atoms with Crippen LogP contribution >= 0.6 is 0 Å². The number of hydrogen-bond acceptors (Lipinski definition) is 3. The van der Waals surface area contributed by atoms with Crippen LogP contribution in [0.1, 0.15) is 30.7 Å². The lowest BCUT2D eigenvalue weighted by atomic mass is 9.91. The molecule has 0 N–H and O–H groups in total. The minimum Gasteiger partial charge on any atom is -0.483 e. The first kappa shape index (κ1) is 12.4. The third kappa shape index (κ3) is 2.17. The fraction of sp³-hybridized carbons (Fsp3) is 0.176. The van der Waals surface area contributed by atoms with Crippen molar-refractivity contribution in [3.8, 4) is 11.8 Å². The van der Waals surface area contributed by atoms with Crippen LogP contribution in [0.4, 0.5) is 0 Å². The molecule has 2 aromatic rings. The molecule has 1 aromatic heterocycles. The Kier molecular flexibility index (Phi) is 2.80. The van der Waals surface area contributed by atoms with E-state index in [1.54, 1.807) is 12.3 Å². The molecule has 3 rings (SSSR count). The van der Waals surface area contributed by atoms with Crippen molar-refractivity contribution in [1.82, 2.24) is 4.98 Å². The summed E-state index contributed by atoms with van der Waals surface area (Å²) < 4.78 is 5.96. The van der Waals surface area contributed by atoms with Crippen molar-refractivity contribution in [1.29, 1.82) is 5.26 Å². The van der Waals surface area contributed by atoms with Crippen LogP contribution in [-0.2, 0) is 0 Å². The number of nitrogens with zero attached hydrogens (tertiary/aromatic N) is 2. The quantitative estimate of drug-likeness (QED) is 0.789. The number of aromatic nitrogens is 1. The van der Waals surface area contributed by atoms with Crippen LogP contribution in [0.15, 0.2) is 48.7 Å². The van der Waals surface area contributed by atoms with Gasteiger partial charge in [-0.05, 0) is 50.3 Å². The van der Waals surface area contributed by atoms with E-state index in [1.807, 2.05) is 44.2 Å². The second-order valence-corrected chi connectivity index (χ2v) is 5.30. The lowest BCUT2D eigenvalue weighted by Gasteiger charge is -2.31. The highest BCUT2D eigenvalue weighted by Gasteiger charge is 2.27. The molecular formula is C17H14N2O. The number of rotatable bonds is 1. The maximum Gasteiger partial charge on any atom is 0.128 e. The van der Waals surface area contributed by atoms with E-state index in [-0.39, 0.29) is 0 Å². The molecule has 0 radical (unpaired) electrons. The van der Waals surface area contributed by atoms with E-state index in [2.05, 4.69) is 17.1 Å². The number of nitriles is 1. The summed E-state index contributed by atoms with van der Waals surface area (Å²) in [6.07, 6.45) is 3.82. The van der Waals surface area contributed by atoms with Gasteiger partial charge in [-0.3, -0.25) is 4.98 Å². The molecule has 20 heavy (non-hydrogen) atoms. The van der Waals surface area contributed by atoms with Crippen LogP contribution in [0.2, 0.25) is 0 Å². The molecule has 0 saturated carbocycles. The maximum absolute atomic E-state index is 9.07. The van der Waals surface area contributed by atoms with Gasteiger partial charge in [-0.2, -0.15) is 5.26 Å². The summed E-state index contributed by atoms with van der Waals surface area (Å²) in [5, 5.41) is 9.07. The summed E-state index contributed by atoms with van der Waals surface area (Å²) in [4.78, 5) is 4.42. The van der Waals surface area contributed by atoms with Gasteiger partial charge in [0.25, 0.3) is 0 Å². The zero-order valence-corrected chi connectivity index (χ0v) is 11.4. The van der Waals surface area contributed by atoms with Crippen molar-refractivity contribution in [3.05, 3.63) is 65.5 Å². The van der Waals surface area contributed by atoms with Crippen LogP contribution in [0, 0.1) is 11.3 Å². The van der Waals surface area contributed by atoms with Crippen LogP contribution in [0.3, 0.4) is 0 Å². The van der Waals surface area contributed by atoms with Gasteiger partial charge in [0.15, 0.2) is 0 Å². The second kappa shape index (κ2) is 4.50. The number of pyridine rings is 1. The molecule has 0 saturated heterocycles. The van der Waals surface area contributed by atoms with E-state index < -0.39 is 5.60 Å². The number of fused-ring (bicyclic) bond motifs is 1. The first-order chi connectivity index (χ1) is 9.59. The fourth-order valence-electron chi connectivity index (χ4n) is 2.37. The summed E-state index contributed by atoms with van der Waals surface area (Å²) >= 11 is 0. The lowest BCUT2D eigenvalue weighted by molar-refractivity contribution is 0.158. The second-order valence-electron chi connectivity index (χ2n) is 5.30. The Bertz CT molecular complexity index is 724. The molecule has 3 nitrogen and oxygen atoms in total. The molecule has 98 valence electrons. The molecule has 0 fully saturated rings. The van der Waals surface area contributed by atoms with Crippen LogP contribution in [0.5, 0.6) is 5.75 Å². The average Bonchev–Trinajstić information content (AvgIpc) is 2.46. The molecular weight excluding hydrogens is 248 g/mol. The van der Waals surface area contributed by atoms with E-state index in [4.69, 9.17) is 10.00 Å². The SMILES string of the molecule is CC1(C)C=C(c2ccccn2)c2cc(C#N)ccc2O1. The van der Waals surface area contributed by atoms with Crippen molar-refractivity contribution in [3.63, 3.8) is 0 Å². The van der Waals surface area contributed by atoms with Gasteiger partial charge in [0.05, 0.1) is 17.3 Å². The molecule has 3 heteroatoms. The Hall–Kier alpha value is -2.60. The smallest absolute Gasteiger partial charge is 0.128 e. The first-order valence-electron chi connectivity index (χ1n) is 6.47. The van der Waals surface area contributed by atoms with Crippen molar-refractivity contribution in [2.45, 2.75) is 19.4 Å². The summed E-state index contributed by atoms with van der Waals surface area (Å²) in [6.45, 7) is 4.02.